The minimum absolute atomic E-state index is 0.241. The molecule has 0 aliphatic heterocycles. The highest BCUT2D eigenvalue weighted by molar-refractivity contribution is 5.92. The molecule has 0 saturated carbocycles. The summed E-state index contributed by atoms with van der Waals surface area (Å²) in [6.07, 6.45) is 0. The van der Waals surface area contributed by atoms with Crippen LogP contribution in [-0.2, 0) is 13.1 Å². The molecule has 0 atom stereocenters. The summed E-state index contributed by atoms with van der Waals surface area (Å²) in [6, 6.07) is 7.45. The SMILES string of the molecule is Cc1cc(C)n(Cc2cc(C(=O)NCc3ccc(C)o3)n[nH]2)n1. The number of carbonyl (C=O) groups is 1. The third-order valence-electron chi connectivity index (χ3n) is 3.51. The predicted molar refractivity (Wildman–Crippen MR) is 84.0 cm³/mol. The normalized spacial score (nSPS) is 10.9. The van der Waals surface area contributed by atoms with Gasteiger partial charge in [-0.05, 0) is 45.0 Å². The number of aryl methyl sites for hydroxylation is 3. The Morgan fingerprint density at radius 2 is 2.13 bits per heavy atom. The highest BCUT2D eigenvalue weighted by Crippen LogP contribution is 2.08. The lowest BCUT2D eigenvalue weighted by Gasteiger charge is -2.01. The maximum Gasteiger partial charge on any atom is 0.272 e. The number of H-pyrrole nitrogens is 1. The molecule has 0 aromatic carbocycles. The van der Waals surface area contributed by atoms with Crippen LogP contribution < -0.4 is 5.32 Å². The van der Waals surface area contributed by atoms with E-state index in [4.69, 9.17) is 4.42 Å². The van der Waals surface area contributed by atoms with Crippen molar-refractivity contribution in [3.63, 3.8) is 0 Å². The number of amides is 1. The average Bonchev–Trinajstić information content (AvgIpc) is 3.19. The zero-order valence-corrected chi connectivity index (χ0v) is 13.4. The van der Waals surface area contributed by atoms with Gasteiger partial charge in [0.2, 0.25) is 0 Å². The first-order valence-corrected chi connectivity index (χ1v) is 7.40. The van der Waals surface area contributed by atoms with Crippen LogP contribution in [0.1, 0.15) is 39.1 Å². The van der Waals surface area contributed by atoms with Gasteiger partial charge in [-0.2, -0.15) is 10.2 Å². The maximum absolute atomic E-state index is 12.1. The minimum atomic E-state index is -0.241. The van der Waals surface area contributed by atoms with Crippen molar-refractivity contribution in [1.82, 2.24) is 25.3 Å². The second-order valence-electron chi connectivity index (χ2n) is 5.56. The molecule has 0 aliphatic carbocycles. The number of carbonyl (C=O) groups excluding carboxylic acids is 1. The highest BCUT2D eigenvalue weighted by atomic mass is 16.3. The lowest BCUT2D eigenvalue weighted by molar-refractivity contribution is 0.0943. The molecule has 3 aromatic heterocycles. The Bertz CT molecular complexity index is 827. The van der Waals surface area contributed by atoms with Crippen molar-refractivity contribution in [2.24, 2.45) is 0 Å². The number of nitrogens with one attached hydrogen (secondary N) is 2. The van der Waals surface area contributed by atoms with Gasteiger partial charge in [-0.25, -0.2) is 0 Å². The summed E-state index contributed by atoms with van der Waals surface area (Å²) in [6.45, 7) is 6.70. The van der Waals surface area contributed by atoms with Crippen LogP contribution in [0.2, 0.25) is 0 Å². The molecule has 0 fully saturated rings. The molecule has 3 heterocycles. The summed E-state index contributed by atoms with van der Waals surface area (Å²) < 4.78 is 7.29. The summed E-state index contributed by atoms with van der Waals surface area (Å²) in [5, 5.41) is 14.1. The monoisotopic (exact) mass is 313 g/mol. The second kappa shape index (κ2) is 6.12. The molecule has 0 unspecified atom stereocenters. The van der Waals surface area contributed by atoms with Crippen molar-refractivity contribution in [2.75, 3.05) is 0 Å². The molecule has 0 saturated heterocycles. The Kier molecular flexibility index (Phi) is 4.01. The van der Waals surface area contributed by atoms with E-state index in [9.17, 15) is 4.79 Å². The molecule has 3 rings (SSSR count). The highest BCUT2D eigenvalue weighted by Gasteiger charge is 2.12. The van der Waals surface area contributed by atoms with Gasteiger partial charge in [-0.15, -0.1) is 0 Å². The van der Waals surface area contributed by atoms with E-state index in [2.05, 4.69) is 20.6 Å². The van der Waals surface area contributed by atoms with E-state index in [1.807, 2.05) is 43.7 Å². The van der Waals surface area contributed by atoms with Crippen molar-refractivity contribution in [1.29, 1.82) is 0 Å². The van der Waals surface area contributed by atoms with Crippen molar-refractivity contribution in [3.8, 4) is 0 Å². The fraction of sp³-hybridized carbons (Fsp3) is 0.312. The first-order valence-electron chi connectivity index (χ1n) is 7.40. The standard InChI is InChI=1S/C16H19N5O2/c1-10-6-11(2)21(20-10)9-13-7-15(19-18-13)16(22)17-8-14-5-4-12(3)23-14/h4-7H,8-9H2,1-3H3,(H,17,22)(H,18,19). The van der Waals surface area contributed by atoms with E-state index >= 15 is 0 Å². The number of aromatic nitrogens is 4. The van der Waals surface area contributed by atoms with Gasteiger partial charge in [0.25, 0.3) is 5.91 Å². The molecule has 2 N–H and O–H groups in total. The second-order valence-corrected chi connectivity index (χ2v) is 5.56. The van der Waals surface area contributed by atoms with Gasteiger partial charge in [0.05, 0.1) is 24.5 Å². The van der Waals surface area contributed by atoms with Crippen LogP contribution in [0.3, 0.4) is 0 Å². The van der Waals surface area contributed by atoms with Gasteiger partial charge < -0.3 is 9.73 Å². The largest absolute Gasteiger partial charge is 0.465 e. The smallest absolute Gasteiger partial charge is 0.272 e. The third kappa shape index (κ3) is 3.50. The predicted octanol–water partition coefficient (Wildman–Crippen LogP) is 2.10. The van der Waals surface area contributed by atoms with E-state index in [-0.39, 0.29) is 5.91 Å². The van der Waals surface area contributed by atoms with Crippen LogP contribution >= 0.6 is 0 Å². The number of hydrogen-bond donors (Lipinski definition) is 2. The van der Waals surface area contributed by atoms with Gasteiger partial charge in [0.1, 0.15) is 17.2 Å². The van der Waals surface area contributed by atoms with E-state index < -0.39 is 0 Å². The van der Waals surface area contributed by atoms with E-state index in [1.165, 1.54) is 0 Å². The number of furan rings is 1. The van der Waals surface area contributed by atoms with Gasteiger partial charge in [0.15, 0.2) is 0 Å². The number of nitrogens with zero attached hydrogens (tertiary/aromatic N) is 3. The van der Waals surface area contributed by atoms with Crippen LogP contribution in [0.4, 0.5) is 0 Å². The minimum Gasteiger partial charge on any atom is -0.465 e. The molecule has 7 heteroatoms. The molecule has 23 heavy (non-hydrogen) atoms. The van der Waals surface area contributed by atoms with Crippen molar-refractivity contribution in [2.45, 2.75) is 33.9 Å². The number of rotatable bonds is 5. The molecule has 7 nitrogen and oxygen atoms in total. The van der Waals surface area contributed by atoms with Crippen molar-refractivity contribution in [3.05, 3.63) is 58.6 Å². The van der Waals surface area contributed by atoms with Gasteiger partial charge in [-0.1, -0.05) is 0 Å². The Labute approximate surface area is 133 Å². The zero-order chi connectivity index (χ0) is 16.4. The average molecular weight is 313 g/mol. The summed E-state index contributed by atoms with van der Waals surface area (Å²) >= 11 is 0. The summed E-state index contributed by atoms with van der Waals surface area (Å²) in [5.74, 6) is 1.30. The topological polar surface area (TPSA) is 88.7 Å². The molecular formula is C16H19N5O2. The fourth-order valence-corrected chi connectivity index (χ4v) is 2.39. The van der Waals surface area contributed by atoms with Crippen molar-refractivity contribution >= 4 is 5.91 Å². The van der Waals surface area contributed by atoms with Crippen LogP contribution in [0, 0.1) is 20.8 Å². The van der Waals surface area contributed by atoms with E-state index in [1.54, 1.807) is 6.07 Å². The van der Waals surface area contributed by atoms with Crippen LogP contribution in [0.5, 0.6) is 0 Å². The number of aromatic amines is 1. The summed E-state index contributed by atoms with van der Waals surface area (Å²) in [4.78, 5) is 12.1. The van der Waals surface area contributed by atoms with Crippen LogP contribution in [0.15, 0.2) is 28.7 Å². The van der Waals surface area contributed by atoms with Crippen LogP contribution in [0.25, 0.3) is 0 Å². The van der Waals surface area contributed by atoms with Crippen molar-refractivity contribution < 1.29 is 9.21 Å². The van der Waals surface area contributed by atoms with E-state index in [0.717, 1.165) is 22.8 Å². The maximum atomic E-state index is 12.1. The van der Waals surface area contributed by atoms with Crippen LogP contribution in [-0.4, -0.2) is 25.9 Å². The first kappa shape index (κ1) is 15.1. The third-order valence-corrected chi connectivity index (χ3v) is 3.51. The Balaban J connectivity index is 1.62. The Hall–Kier alpha value is -2.83. The molecule has 0 aliphatic rings. The Morgan fingerprint density at radius 3 is 2.78 bits per heavy atom. The molecule has 1 amide bonds. The van der Waals surface area contributed by atoms with Gasteiger partial charge >= 0.3 is 0 Å². The molecule has 3 aromatic rings. The molecule has 0 spiro atoms. The summed E-state index contributed by atoms with van der Waals surface area (Å²) in [5.41, 5.74) is 3.21. The van der Waals surface area contributed by atoms with E-state index in [0.29, 0.717) is 24.5 Å². The molecule has 0 radical (unpaired) electrons. The fourth-order valence-electron chi connectivity index (χ4n) is 2.39. The molecular weight excluding hydrogens is 294 g/mol. The number of hydrogen-bond acceptors (Lipinski definition) is 4. The lowest BCUT2D eigenvalue weighted by atomic mass is 10.3. The zero-order valence-electron chi connectivity index (χ0n) is 13.4. The summed E-state index contributed by atoms with van der Waals surface area (Å²) in [7, 11) is 0. The molecule has 0 bridgehead atoms. The molecule has 120 valence electrons. The lowest BCUT2D eigenvalue weighted by Crippen LogP contribution is -2.22. The Morgan fingerprint density at radius 1 is 1.30 bits per heavy atom. The van der Waals surface area contributed by atoms with Gasteiger partial charge in [0, 0.05) is 5.69 Å². The first-order chi connectivity index (χ1) is 11.0. The quantitative estimate of drug-likeness (QED) is 0.755. The van der Waals surface area contributed by atoms with Gasteiger partial charge in [-0.3, -0.25) is 14.6 Å².